The molecule has 1 amide bonds. The van der Waals surface area contributed by atoms with Gasteiger partial charge in [0.2, 0.25) is 0 Å². The zero-order chi connectivity index (χ0) is 27.4. The molecule has 2 saturated heterocycles. The minimum atomic E-state index is -4.34. The van der Waals surface area contributed by atoms with Crippen LogP contribution in [0.5, 0.6) is 5.75 Å². The van der Waals surface area contributed by atoms with Gasteiger partial charge in [-0.25, -0.2) is 9.37 Å². The van der Waals surface area contributed by atoms with Crippen molar-refractivity contribution in [3.8, 4) is 5.75 Å². The Bertz CT molecular complexity index is 1240. The van der Waals surface area contributed by atoms with Crippen molar-refractivity contribution in [1.29, 1.82) is 0 Å². The van der Waals surface area contributed by atoms with Crippen molar-refractivity contribution in [2.24, 2.45) is 0 Å². The van der Waals surface area contributed by atoms with E-state index in [4.69, 9.17) is 4.74 Å². The Labute approximate surface area is 224 Å². The molecule has 2 aliphatic heterocycles. The second-order valence-electron chi connectivity index (χ2n) is 10.0. The highest BCUT2D eigenvalue weighted by atomic mass is 19.4. The van der Waals surface area contributed by atoms with Crippen molar-refractivity contribution in [1.82, 2.24) is 15.2 Å². The summed E-state index contributed by atoms with van der Waals surface area (Å²) in [5, 5.41) is 3.04. The number of likely N-dealkylation sites (tertiary alicyclic amines) is 1. The molecule has 0 saturated carbocycles. The van der Waals surface area contributed by atoms with Crippen molar-refractivity contribution in [2.45, 2.75) is 44.1 Å². The monoisotopic (exact) mass is 542 g/mol. The molecule has 206 valence electrons. The Kier molecular flexibility index (Phi) is 8.02. The van der Waals surface area contributed by atoms with Crippen LogP contribution >= 0.6 is 0 Å². The lowest BCUT2D eigenvalue weighted by Gasteiger charge is -2.33. The molecule has 0 radical (unpaired) electrons. The maximum atomic E-state index is 13.1. The number of carbonyl (C=O) groups is 1. The third-order valence-corrected chi connectivity index (χ3v) is 7.20. The largest absolute Gasteiger partial charge is 0.489 e. The van der Waals surface area contributed by atoms with Crippen LogP contribution in [-0.4, -0.2) is 54.1 Å². The molecule has 39 heavy (non-hydrogen) atoms. The second kappa shape index (κ2) is 11.6. The smallest absolute Gasteiger partial charge is 0.416 e. The van der Waals surface area contributed by atoms with E-state index >= 15 is 0 Å². The molecule has 2 aromatic carbocycles. The van der Waals surface area contributed by atoms with Crippen LogP contribution in [-0.2, 0) is 12.7 Å². The Morgan fingerprint density at radius 3 is 2.31 bits per heavy atom. The summed E-state index contributed by atoms with van der Waals surface area (Å²) >= 11 is 0. The van der Waals surface area contributed by atoms with Crippen molar-refractivity contribution in [2.75, 3.05) is 31.1 Å². The highest BCUT2D eigenvalue weighted by Crippen LogP contribution is 2.31. The number of hydrogen-bond donors (Lipinski definition) is 1. The first-order valence-electron chi connectivity index (χ1n) is 13.1. The number of alkyl halides is 3. The highest BCUT2D eigenvalue weighted by Gasteiger charge is 2.30. The van der Waals surface area contributed by atoms with Gasteiger partial charge < -0.3 is 15.0 Å². The highest BCUT2D eigenvalue weighted by molar-refractivity contribution is 5.92. The number of ether oxygens (including phenoxy) is 1. The van der Waals surface area contributed by atoms with Crippen LogP contribution in [0.4, 0.5) is 23.2 Å². The third kappa shape index (κ3) is 7.06. The first-order valence-corrected chi connectivity index (χ1v) is 13.1. The van der Waals surface area contributed by atoms with E-state index in [0.717, 1.165) is 55.7 Å². The van der Waals surface area contributed by atoms with Gasteiger partial charge >= 0.3 is 6.18 Å². The van der Waals surface area contributed by atoms with Crippen molar-refractivity contribution >= 4 is 11.6 Å². The van der Waals surface area contributed by atoms with E-state index in [1.165, 1.54) is 24.3 Å². The molecule has 1 atom stereocenters. The van der Waals surface area contributed by atoms with Gasteiger partial charge in [-0.3, -0.25) is 9.69 Å². The summed E-state index contributed by atoms with van der Waals surface area (Å²) in [4.78, 5) is 21.3. The molecule has 3 heterocycles. The number of aromatic nitrogens is 1. The van der Waals surface area contributed by atoms with Crippen molar-refractivity contribution < 1.29 is 27.1 Å². The molecule has 0 spiro atoms. The van der Waals surface area contributed by atoms with Crippen LogP contribution in [0.15, 0.2) is 66.9 Å². The number of piperidine rings is 1. The average Bonchev–Trinajstić information content (AvgIpc) is 3.37. The fraction of sp³-hybridized carbons (Fsp3) is 0.379. The van der Waals surface area contributed by atoms with Crippen molar-refractivity contribution in [3.05, 3.63) is 89.5 Å². The molecule has 0 aliphatic carbocycles. The van der Waals surface area contributed by atoms with E-state index < -0.39 is 11.7 Å². The number of amides is 1. The average molecular weight is 543 g/mol. The zero-order valence-electron chi connectivity index (χ0n) is 21.3. The Morgan fingerprint density at radius 1 is 0.949 bits per heavy atom. The minimum absolute atomic E-state index is 0.0190. The summed E-state index contributed by atoms with van der Waals surface area (Å²) in [5.74, 6) is 0.0854. The molecular formula is C29H30F4N4O2. The lowest BCUT2D eigenvalue weighted by Crippen LogP contribution is -2.38. The maximum Gasteiger partial charge on any atom is 0.416 e. The predicted octanol–water partition coefficient (Wildman–Crippen LogP) is 5.29. The van der Waals surface area contributed by atoms with E-state index in [1.807, 2.05) is 0 Å². The maximum absolute atomic E-state index is 13.1. The predicted molar refractivity (Wildman–Crippen MR) is 139 cm³/mol. The molecule has 1 N–H and O–H groups in total. The number of rotatable bonds is 7. The quantitative estimate of drug-likeness (QED) is 0.411. The van der Waals surface area contributed by atoms with Crippen molar-refractivity contribution in [3.63, 3.8) is 0 Å². The molecule has 10 heteroatoms. The Hall–Kier alpha value is -3.66. The lowest BCUT2D eigenvalue weighted by atomic mass is 10.1. The topological polar surface area (TPSA) is 57.7 Å². The van der Waals surface area contributed by atoms with Crippen LogP contribution < -0.4 is 15.0 Å². The lowest BCUT2D eigenvalue weighted by molar-refractivity contribution is -0.137. The normalized spacial score (nSPS) is 18.8. The van der Waals surface area contributed by atoms with Gasteiger partial charge in [0.15, 0.2) is 0 Å². The van der Waals surface area contributed by atoms with Gasteiger partial charge in [0.25, 0.3) is 5.91 Å². The zero-order valence-corrected chi connectivity index (χ0v) is 21.3. The Morgan fingerprint density at radius 2 is 1.67 bits per heavy atom. The van der Waals surface area contributed by atoms with Gasteiger partial charge in [0.05, 0.1) is 11.8 Å². The summed E-state index contributed by atoms with van der Waals surface area (Å²) < 4.78 is 57.6. The molecule has 0 unspecified atom stereocenters. The van der Waals surface area contributed by atoms with Gasteiger partial charge in [-0.2, -0.15) is 13.2 Å². The number of pyridine rings is 1. The third-order valence-electron chi connectivity index (χ3n) is 7.20. The van der Waals surface area contributed by atoms with Crippen LogP contribution in [0, 0.1) is 5.82 Å². The van der Waals surface area contributed by atoms with E-state index in [9.17, 15) is 22.4 Å². The molecule has 2 fully saturated rings. The number of nitrogens with zero attached hydrogens (tertiary/aromatic N) is 3. The summed E-state index contributed by atoms with van der Waals surface area (Å²) in [6.45, 7) is 3.61. The standard InChI is InChI=1S/C29H30F4N4O2/c30-22-5-1-20(2-6-22)18-36-14-11-23(19-36)35-28(38)27-10-9-26(17-34-27)39-25-12-15-37(16-13-25)24-7-3-21(4-8-24)29(31,32)33/h1-10,17,23,25H,11-16,18-19H2,(H,35,38)/t23-/m1/s1. The molecule has 2 aliphatic rings. The van der Waals surface area contributed by atoms with Crippen LogP contribution in [0.1, 0.15) is 40.9 Å². The number of carbonyl (C=O) groups excluding carboxylic acids is 1. The first kappa shape index (κ1) is 26.9. The van der Waals surface area contributed by atoms with Gasteiger partial charge in [-0.1, -0.05) is 12.1 Å². The molecule has 1 aromatic heterocycles. The molecular weight excluding hydrogens is 512 g/mol. The van der Waals surface area contributed by atoms with Crippen LogP contribution in [0.2, 0.25) is 0 Å². The Balaban J connectivity index is 1.06. The van der Waals surface area contributed by atoms with Gasteiger partial charge in [0.1, 0.15) is 23.4 Å². The van der Waals surface area contributed by atoms with Crippen LogP contribution in [0.25, 0.3) is 0 Å². The SMILES string of the molecule is O=C(N[C@@H]1CCN(Cc2ccc(F)cc2)C1)c1ccc(OC2CCN(c3ccc(C(F)(F)F)cc3)CC2)cn1. The number of nitrogens with one attached hydrogen (secondary N) is 1. The minimum Gasteiger partial charge on any atom is -0.489 e. The second-order valence-corrected chi connectivity index (χ2v) is 10.0. The van der Waals surface area contributed by atoms with Gasteiger partial charge in [-0.15, -0.1) is 0 Å². The van der Waals surface area contributed by atoms with E-state index in [-0.39, 0.29) is 23.9 Å². The van der Waals surface area contributed by atoms with E-state index in [1.54, 1.807) is 30.5 Å². The van der Waals surface area contributed by atoms with E-state index in [2.05, 4.69) is 20.1 Å². The summed E-state index contributed by atoms with van der Waals surface area (Å²) in [7, 11) is 0. The van der Waals surface area contributed by atoms with Gasteiger partial charge in [-0.05, 0) is 60.5 Å². The molecule has 3 aromatic rings. The number of benzene rings is 2. The number of hydrogen-bond acceptors (Lipinski definition) is 5. The molecule has 6 nitrogen and oxygen atoms in total. The number of halogens is 4. The fourth-order valence-electron chi connectivity index (χ4n) is 5.07. The summed E-state index contributed by atoms with van der Waals surface area (Å²) in [5.41, 5.74) is 1.46. The van der Waals surface area contributed by atoms with Crippen LogP contribution in [0.3, 0.4) is 0 Å². The molecule has 5 rings (SSSR count). The summed E-state index contributed by atoms with van der Waals surface area (Å²) in [6, 6.07) is 15.1. The first-order chi connectivity index (χ1) is 18.7. The molecule has 0 bridgehead atoms. The number of anilines is 1. The fourth-order valence-corrected chi connectivity index (χ4v) is 5.07. The van der Waals surface area contributed by atoms with Gasteiger partial charge in [0, 0.05) is 57.3 Å². The summed E-state index contributed by atoms with van der Waals surface area (Å²) in [6.07, 6.45) is -0.555. The van der Waals surface area contributed by atoms with E-state index in [0.29, 0.717) is 31.1 Å².